The molecule has 0 spiro atoms. The number of hydrogen-bond acceptors (Lipinski definition) is 4. The van der Waals surface area contributed by atoms with Gasteiger partial charge in [-0.15, -0.1) is 12.4 Å². The number of nitrogens with zero attached hydrogens (tertiary/aromatic N) is 1. The fourth-order valence-electron chi connectivity index (χ4n) is 1.70. The van der Waals surface area contributed by atoms with E-state index in [1.54, 1.807) is 6.20 Å². The Morgan fingerprint density at radius 1 is 1.48 bits per heavy atom. The SMILES string of the molecule is CC(C)[C@H](N)C(=O)NCc1ccc(OCC2CC2)nc1.Cl. The van der Waals surface area contributed by atoms with E-state index in [0.717, 1.165) is 12.2 Å². The zero-order valence-electron chi connectivity index (χ0n) is 12.5. The van der Waals surface area contributed by atoms with Crippen LogP contribution in [0.15, 0.2) is 18.3 Å². The van der Waals surface area contributed by atoms with Crippen molar-refractivity contribution in [1.29, 1.82) is 0 Å². The zero-order chi connectivity index (χ0) is 14.5. The van der Waals surface area contributed by atoms with Crippen molar-refractivity contribution in [1.82, 2.24) is 10.3 Å². The molecule has 1 heterocycles. The number of rotatable bonds is 7. The monoisotopic (exact) mass is 313 g/mol. The van der Waals surface area contributed by atoms with Gasteiger partial charge >= 0.3 is 0 Å². The second-order valence-corrected chi connectivity index (χ2v) is 5.75. The van der Waals surface area contributed by atoms with Crippen LogP contribution < -0.4 is 15.8 Å². The highest BCUT2D eigenvalue weighted by atomic mass is 35.5. The van der Waals surface area contributed by atoms with Crippen LogP contribution in [0, 0.1) is 11.8 Å². The van der Waals surface area contributed by atoms with Gasteiger partial charge in [-0.25, -0.2) is 4.98 Å². The van der Waals surface area contributed by atoms with E-state index in [-0.39, 0.29) is 24.2 Å². The predicted octanol–water partition coefficient (Wildman–Crippen LogP) is 1.89. The molecule has 1 aliphatic rings. The molecule has 0 aromatic carbocycles. The molecule has 0 aliphatic heterocycles. The lowest BCUT2D eigenvalue weighted by Gasteiger charge is -2.15. The van der Waals surface area contributed by atoms with Crippen molar-refractivity contribution in [2.75, 3.05) is 6.61 Å². The van der Waals surface area contributed by atoms with E-state index in [1.165, 1.54) is 12.8 Å². The van der Waals surface area contributed by atoms with E-state index in [9.17, 15) is 4.79 Å². The third kappa shape index (κ3) is 5.89. The van der Waals surface area contributed by atoms with Crippen LogP contribution in [0.1, 0.15) is 32.3 Å². The van der Waals surface area contributed by atoms with Crippen molar-refractivity contribution >= 4 is 18.3 Å². The summed E-state index contributed by atoms with van der Waals surface area (Å²) >= 11 is 0. The Hall–Kier alpha value is -1.33. The standard InChI is InChI=1S/C15H23N3O2.ClH/c1-10(2)14(16)15(19)18-8-12-5-6-13(17-7-12)20-9-11-3-4-11;/h5-7,10-11,14H,3-4,8-9,16H2,1-2H3,(H,18,19);1H/t14-;/m0./s1. The van der Waals surface area contributed by atoms with Gasteiger partial charge < -0.3 is 15.8 Å². The highest BCUT2D eigenvalue weighted by Gasteiger charge is 2.22. The third-order valence-corrected chi connectivity index (χ3v) is 3.45. The van der Waals surface area contributed by atoms with Gasteiger partial charge in [0.25, 0.3) is 0 Å². The number of nitrogens with two attached hydrogens (primary N) is 1. The lowest BCUT2D eigenvalue weighted by atomic mass is 10.1. The van der Waals surface area contributed by atoms with Gasteiger partial charge in [-0.1, -0.05) is 19.9 Å². The van der Waals surface area contributed by atoms with E-state index < -0.39 is 6.04 Å². The second-order valence-electron chi connectivity index (χ2n) is 5.75. The van der Waals surface area contributed by atoms with Gasteiger partial charge in [0.1, 0.15) is 0 Å². The summed E-state index contributed by atoms with van der Waals surface area (Å²) in [6.45, 7) is 5.05. The number of carbonyl (C=O) groups excluding carboxylic acids is 1. The molecule has 1 aromatic rings. The van der Waals surface area contributed by atoms with Gasteiger partial charge in [-0.05, 0) is 30.2 Å². The summed E-state index contributed by atoms with van der Waals surface area (Å²) < 4.78 is 5.56. The molecule has 0 saturated heterocycles. The summed E-state index contributed by atoms with van der Waals surface area (Å²) in [4.78, 5) is 16.0. The Bertz CT molecular complexity index is 447. The van der Waals surface area contributed by atoms with Gasteiger partial charge in [0.2, 0.25) is 11.8 Å². The Morgan fingerprint density at radius 2 is 2.19 bits per heavy atom. The lowest BCUT2D eigenvalue weighted by Crippen LogP contribution is -2.43. The first-order chi connectivity index (χ1) is 9.56. The Kier molecular flexibility index (Phi) is 6.92. The number of ether oxygens (including phenoxy) is 1. The molecule has 1 saturated carbocycles. The molecule has 1 aromatic heterocycles. The smallest absolute Gasteiger partial charge is 0.237 e. The Labute approximate surface area is 132 Å². The van der Waals surface area contributed by atoms with E-state index in [4.69, 9.17) is 10.5 Å². The molecule has 1 atom stereocenters. The summed E-state index contributed by atoms with van der Waals surface area (Å²) in [5, 5.41) is 2.81. The number of carbonyl (C=O) groups is 1. The highest BCUT2D eigenvalue weighted by molar-refractivity contribution is 5.85. The third-order valence-electron chi connectivity index (χ3n) is 3.45. The van der Waals surface area contributed by atoms with E-state index in [1.807, 2.05) is 26.0 Å². The highest BCUT2D eigenvalue weighted by Crippen LogP contribution is 2.29. The van der Waals surface area contributed by atoms with Crippen molar-refractivity contribution in [2.24, 2.45) is 17.6 Å². The molecule has 3 N–H and O–H groups in total. The minimum atomic E-state index is -0.468. The minimum Gasteiger partial charge on any atom is -0.477 e. The van der Waals surface area contributed by atoms with E-state index in [2.05, 4.69) is 10.3 Å². The Morgan fingerprint density at radius 3 is 2.71 bits per heavy atom. The number of pyridine rings is 1. The molecular formula is C15H24ClN3O2. The quantitative estimate of drug-likeness (QED) is 0.806. The maximum absolute atomic E-state index is 11.7. The molecule has 2 rings (SSSR count). The first-order valence-corrected chi connectivity index (χ1v) is 7.17. The summed E-state index contributed by atoms with van der Waals surface area (Å²) in [7, 11) is 0. The number of nitrogens with one attached hydrogen (secondary N) is 1. The summed E-state index contributed by atoms with van der Waals surface area (Å²) in [6, 6.07) is 3.28. The van der Waals surface area contributed by atoms with Gasteiger partial charge in [-0.3, -0.25) is 4.79 Å². The fourth-order valence-corrected chi connectivity index (χ4v) is 1.70. The van der Waals surface area contributed by atoms with Crippen molar-refractivity contribution < 1.29 is 9.53 Å². The van der Waals surface area contributed by atoms with Crippen LogP contribution >= 0.6 is 12.4 Å². The van der Waals surface area contributed by atoms with Crippen LogP contribution in [0.25, 0.3) is 0 Å². The zero-order valence-corrected chi connectivity index (χ0v) is 13.4. The maximum Gasteiger partial charge on any atom is 0.237 e. The molecular weight excluding hydrogens is 290 g/mol. The number of aromatic nitrogens is 1. The van der Waals surface area contributed by atoms with E-state index >= 15 is 0 Å². The molecule has 118 valence electrons. The molecule has 5 nitrogen and oxygen atoms in total. The first kappa shape index (κ1) is 17.7. The minimum absolute atomic E-state index is 0. The van der Waals surface area contributed by atoms with Gasteiger partial charge in [0.15, 0.2) is 0 Å². The molecule has 1 aliphatic carbocycles. The van der Waals surface area contributed by atoms with Crippen LogP contribution in [0.4, 0.5) is 0 Å². The molecule has 0 unspecified atom stereocenters. The van der Waals surface area contributed by atoms with Crippen LogP contribution in [-0.4, -0.2) is 23.5 Å². The molecule has 6 heteroatoms. The number of amides is 1. The predicted molar refractivity (Wildman–Crippen MR) is 84.4 cm³/mol. The fraction of sp³-hybridized carbons (Fsp3) is 0.600. The topological polar surface area (TPSA) is 77.2 Å². The van der Waals surface area contributed by atoms with E-state index in [0.29, 0.717) is 18.3 Å². The summed E-state index contributed by atoms with van der Waals surface area (Å²) in [5.41, 5.74) is 6.71. The van der Waals surface area contributed by atoms with Gasteiger partial charge in [-0.2, -0.15) is 0 Å². The molecule has 1 amide bonds. The van der Waals surface area contributed by atoms with Crippen molar-refractivity contribution in [3.8, 4) is 5.88 Å². The average Bonchev–Trinajstić information content (AvgIpc) is 3.26. The maximum atomic E-state index is 11.7. The number of halogens is 1. The molecule has 21 heavy (non-hydrogen) atoms. The molecule has 0 radical (unpaired) electrons. The van der Waals surface area contributed by atoms with Crippen molar-refractivity contribution in [3.63, 3.8) is 0 Å². The second kappa shape index (κ2) is 8.20. The largest absolute Gasteiger partial charge is 0.477 e. The van der Waals surface area contributed by atoms with Crippen LogP contribution in [0.3, 0.4) is 0 Å². The van der Waals surface area contributed by atoms with Crippen molar-refractivity contribution in [3.05, 3.63) is 23.9 Å². The van der Waals surface area contributed by atoms with Crippen LogP contribution in [0.2, 0.25) is 0 Å². The average molecular weight is 314 g/mol. The van der Waals surface area contributed by atoms with Gasteiger partial charge in [0, 0.05) is 18.8 Å². The lowest BCUT2D eigenvalue weighted by molar-refractivity contribution is -0.123. The summed E-state index contributed by atoms with van der Waals surface area (Å²) in [6.07, 6.45) is 4.25. The van der Waals surface area contributed by atoms with Crippen molar-refractivity contribution in [2.45, 2.75) is 39.3 Å². The van der Waals surface area contributed by atoms with Crippen LogP contribution in [0.5, 0.6) is 5.88 Å². The Balaban J connectivity index is 0.00000220. The normalized spacial score (nSPS) is 15.2. The van der Waals surface area contributed by atoms with Crippen LogP contribution in [-0.2, 0) is 11.3 Å². The summed E-state index contributed by atoms with van der Waals surface area (Å²) in [5.74, 6) is 1.36. The number of hydrogen-bond donors (Lipinski definition) is 2. The molecule has 0 bridgehead atoms. The first-order valence-electron chi connectivity index (χ1n) is 7.17. The van der Waals surface area contributed by atoms with Gasteiger partial charge in [0.05, 0.1) is 12.6 Å². The molecule has 1 fully saturated rings.